The first-order chi connectivity index (χ1) is 13.0. The van der Waals surface area contributed by atoms with E-state index in [1.807, 2.05) is 6.07 Å². The maximum Gasteiger partial charge on any atom is 0.221 e. The highest BCUT2D eigenvalue weighted by Gasteiger charge is 2.23. The molecule has 1 aromatic carbocycles. The third kappa shape index (κ3) is 8.24. The predicted molar refractivity (Wildman–Crippen MR) is 130 cm³/mol. The monoisotopic (exact) mass is 565 g/mol. The molecule has 28 heavy (non-hydrogen) atoms. The number of aliphatic imine (C=N–C) groups is 1. The van der Waals surface area contributed by atoms with Gasteiger partial charge >= 0.3 is 0 Å². The molecule has 0 bridgehead atoms. The van der Waals surface area contributed by atoms with E-state index >= 15 is 0 Å². The van der Waals surface area contributed by atoms with Crippen LogP contribution in [0.1, 0.15) is 31.7 Å². The third-order valence-corrected chi connectivity index (χ3v) is 5.64. The van der Waals surface area contributed by atoms with Crippen LogP contribution in [0.15, 0.2) is 33.7 Å². The molecule has 2 rings (SSSR count). The van der Waals surface area contributed by atoms with Gasteiger partial charge in [0.05, 0.1) is 5.92 Å². The van der Waals surface area contributed by atoms with Crippen LogP contribution in [0.25, 0.3) is 0 Å². The molecule has 0 spiro atoms. The van der Waals surface area contributed by atoms with Crippen molar-refractivity contribution >= 4 is 51.8 Å². The predicted octanol–water partition coefficient (Wildman–Crippen LogP) is 3.05. The van der Waals surface area contributed by atoms with Gasteiger partial charge < -0.3 is 20.9 Å². The van der Waals surface area contributed by atoms with Crippen LogP contribution in [0.2, 0.25) is 0 Å². The maximum atomic E-state index is 11.4. The standard InChI is InChI=1S/C20H32BrN5O.HI/c1-3-23-20(25(2)14-16-8-4-5-10-18(16)21)24-11-7-13-26-12-6-9-17(15-26)19(22)27;/h4-5,8,10,17H,3,6-7,9,11-15H2,1-2H3,(H2,22,27)(H,23,24);1H. The van der Waals surface area contributed by atoms with Crippen LogP contribution in [-0.4, -0.2) is 61.4 Å². The largest absolute Gasteiger partial charge is 0.369 e. The number of amides is 1. The Labute approximate surface area is 194 Å². The van der Waals surface area contributed by atoms with Crippen molar-refractivity contribution in [2.75, 3.05) is 39.8 Å². The number of nitrogens with two attached hydrogens (primary N) is 1. The van der Waals surface area contributed by atoms with E-state index < -0.39 is 0 Å². The van der Waals surface area contributed by atoms with Crippen LogP contribution in [-0.2, 0) is 11.3 Å². The van der Waals surface area contributed by atoms with E-state index in [9.17, 15) is 4.79 Å². The summed E-state index contributed by atoms with van der Waals surface area (Å²) >= 11 is 3.61. The molecular weight excluding hydrogens is 533 g/mol. The first-order valence-electron chi connectivity index (χ1n) is 9.75. The van der Waals surface area contributed by atoms with Crippen LogP contribution in [0, 0.1) is 5.92 Å². The van der Waals surface area contributed by atoms with Gasteiger partial charge in [-0.2, -0.15) is 0 Å². The lowest BCUT2D eigenvalue weighted by Gasteiger charge is -2.31. The fourth-order valence-corrected chi connectivity index (χ4v) is 3.81. The molecule has 158 valence electrons. The minimum absolute atomic E-state index is 0. The van der Waals surface area contributed by atoms with Crippen LogP contribution >= 0.6 is 39.9 Å². The molecular formula is C20H33BrIN5O. The lowest BCUT2D eigenvalue weighted by atomic mass is 9.97. The number of rotatable bonds is 8. The molecule has 1 amide bonds. The number of primary amides is 1. The minimum atomic E-state index is -0.166. The third-order valence-electron chi connectivity index (χ3n) is 4.86. The smallest absolute Gasteiger partial charge is 0.221 e. The van der Waals surface area contributed by atoms with Gasteiger partial charge in [0.15, 0.2) is 5.96 Å². The molecule has 1 aromatic rings. The van der Waals surface area contributed by atoms with E-state index in [-0.39, 0.29) is 35.8 Å². The molecule has 1 unspecified atom stereocenters. The van der Waals surface area contributed by atoms with Crippen molar-refractivity contribution in [1.29, 1.82) is 0 Å². The number of benzene rings is 1. The SMILES string of the molecule is CCNC(=NCCCN1CCCC(C(N)=O)C1)N(C)Cc1ccccc1Br.I. The minimum Gasteiger partial charge on any atom is -0.369 e. The average Bonchev–Trinajstić information content (AvgIpc) is 2.66. The Hall–Kier alpha value is -0.870. The van der Waals surface area contributed by atoms with Crippen molar-refractivity contribution in [2.24, 2.45) is 16.6 Å². The lowest BCUT2D eigenvalue weighted by Crippen LogP contribution is -2.41. The quantitative estimate of drug-likeness (QED) is 0.220. The second-order valence-electron chi connectivity index (χ2n) is 7.08. The Morgan fingerprint density at radius 1 is 1.43 bits per heavy atom. The summed E-state index contributed by atoms with van der Waals surface area (Å²) in [5.41, 5.74) is 6.69. The molecule has 1 fully saturated rings. The molecule has 1 saturated heterocycles. The molecule has 6 nitrogen and oxygen atoms in total. The van der Waals surface area contributed by atoms with Gasteiger partial charge in [-0.3, -0.25) is 9.79 Å². The highest BCUT2D eigenvalue weighted by molar-refractivity contribution is 14.0. The molecule has 8 heteroatoms. The van der Waals surface area contributed by atoms with Crippen LogP contribution in [0.5, 0.6) is 0 Å². The summed E-state index contributed by atoms with van der Waals surface area (Å²) < 4.78 is 1.11. The number of guanidine groups is 1. The van der Waals surface area contributed by atoms with E-state index in [2.05, 4.69) is 63.2 Å². The fourth-order valence-electron chi connectivity index (χ4n) is 3.40. The molecule has 3 N–H and O–H groups in total. The Balaban J connectivity index is 0.00000392. The van der Waals surface area contributed by atoms with Gasteiger partial charge in [0, 0.05) is 37.7 Å². The molecule has 1 aliphatic rings. The van der Waals surface area contributed by atoms with E-state index in [4.69, 9.17) is 10.7 Å². The topological polar surface area (TPSA) is 74.0 Å². The molecule has 1 aliphatic heterocycles. The zero-order valence-corrected chi connectivity index (χ0v) is 20.8. The van der Waals surface area contributed by atoms with Crippen molar-refractivity contribution in [3.63, 3.8) is 0 Å². The number of likely N-dealkylation sites (tertiary alicyclic amines) is 1. The van der Waals surface area contributed by atoms with E-state index in [1.54, 1.807) is 0 Å². The number of hydrogen-bond acceptors (Lipinski definition) is 3. The second-order valence-corrected chi connectivity index (χ2v) is 7.93. The van der Waals surface area contributed by atoms with Gasteiger partial charge in [-0.1, -0.05) is 34.1 Å². The average molecular weight is 566 g/mol. The van der Waals surface area contributed by atoms with Crippen molar-refractivity contribution < 1.29 is 4.79 Å². The summed E-state index contributed by atoms with van der Waals surface area (Å²) in [6.07, 6.45) is 2.95. The molecule has 0 radical (unpaired) electrons. The number of nitrogens with one attached hydrogen (secondary N) is 1. The van der Waals surface area contributed by atoms with Crippen molar-refractivity contribution in [3.8, 4) is 0 Å². The van der Waals surface area contributed by atoms with Gasteiger partial charge in [-0.15, -0.1) is 24.0 Å². The molecule has 1 atom stereocenters. The Kier molecular flexibility index (Phi) is 12.0. The van der Waals surface area contributed by atoms with Gasteiger partial charge in [0.2, 0.25) is 5.91 Å². The Morgan fingerprint density at radius 2 is 2.18 bits per heavy atom. The fraction of sp³-hybridized carbons (Fsp3) is 0.600. The Bertz CT molecular complexity index is 643. The number of piperidine rings is 1. The van der Waals surface area contributed by atoms with Crippen LogP contribution < -0.4 is 11.1 Å². The zero-order chi connectivity index (χ0) is 19.6. The summed E-state index contributed by atoms with van der Waals surface area (Å²) in [5, 5.41) is 3.37. The normalized spacial score (nSPS) is 17.7. The van der Waals surface area contributed by atoms with Crippen molar-refractivity contribution in [2.45, 2.75) is 32.7 Å². The molecule has 0 saturated carbocycles. The number of nitrogens with zero attached hydrogens (tertiary/aromatic N) is 3. The van der Waals surface area contributed by atoms with E-state index in [0.717, 1.165) is 69.0 Å². The first-order valence-corrected chi connectivity index (χ1v) is 10.5. The highest BCUT2D eigenvalue weighted by atomic mass is 127. The molecule has 0 aliphatic carbocycles. The molecule has 0 aromatic heterocycles. The van der Waals surface area contributed by atoms with Gasteiger partial charge in [-0.25, -0.2) is 0 Å². The summed E-state index contributed by atoms with van der Waals surface area (Å²) in [6, 6.07) is 8.26. The highest BCUT2D eigenvalue weighted by Crippen LogP contribution is 2.18. The van der Waals surface area contributed by atoms with Gasteiger partial charge in [0.25, 0.3) is 0 Å². The lowest BCUT2D eigenvalue weighted by molar-refractivity contribution is -0.123. The van der Waals surface area contributed by atoms with Crippen molar-refractivity contribution in [3.05, 3.63) is 34.3 Å². The van der Waals surface area contributed by atoms with E-state index in [0.29, 0.717) is 0 Å². The first kappa shape index (κ1) is 25.2. The van der Waals surface area contributed by atoms with Gasteiger partial charge in [-0.05, 0) is 50.9 Å². The number of carbonyl (C=O) groups is 1. The summed E-state index contributed by atoms with van der Waals surface area (Å²) in [6.45, 7) is 7.28. The zero-order valence-electron chi connectivity index (χ0n) is 16.9. The van der Waals surface area contributed by atoms with Gasteiger partial charge in [0.1, 0.15) is 0 Å². The summed E-state index contributed by atoms with van der Waals surface area (Å²) in [7, 11) is 2.06. The maximum absolute atomic E-state index is 11.4. The van der Waals surface area contributed by atoms with E-state index in [1.165, 1.54) is 5.56 Å². The summed E-state index contributed by atoms with van der Waals surface area (Å²) in [4.78, 5) is 20.7. The number of hydrogen-bond donors (Lipinski definition) is 2. The molecule has 1 heterocycles. The summed E-state index contributed by atoms with van der Waals surface area (Å²) in [5.74, 6) is 0.762. The van der Waals surface area contributed by atoms with Crippen molar-refractivity contribution in [1.82, 2.24) is 15.1 Å². The second kappa shape index (κ2) is 13.4. The Morgan fingerprint density at radius 3 is 2.86 bits per heavy atom. The van der Waals surface area contributed by atoms with Crippen LogP contribution in [0.3, 0.4) is 0 Å². The van der Waals surface area contributed by atoms with Crippen LogP contribution in [0.4, 0.5) is 0 Å². The number of carbonyl (C=O) groups excluding carboxylic acids is 1. The number of halogens is 2.